The Balaban J connectivity index is 1.49. The second kappa shape index (κ2) is 9.68. The lowest BCUT2D eigenvalue weighted by molar-refractivity contribution is -0.144. The summed E-state index contributed by atoms with van der Waals surface area (Å²) in [5.74, 6) is 0.509. The van der Waals surface area contributed by atoms with E-state index in [0.29, 0.717) is 61.1 Å². The van der Waals surface area contributed by atoms with E-state index >= 15 is 0 Å². The number of H-pyrrole nitrogens is 1. The van der Waals surface area contributed by atoms with Crippen LogP contribution >= 0.6 is 0 Å². The number of aliphatic carboxylic acids is 1. The normalized spacial score (nSPS) is 16.0. The molecule has 0 bridgehead atoms. The lowest BCUT2D eigenvalue weighted by atomic mass is 10.0. The minimum Gasteiger partial charge on any atom is -0.493 e. The van der Waals surface area contributed by atoms with Gasteiger partial charge < -0.3 is 24.3 Å². The third-order valence-electron chi connectivity index (χ3n) is 6.16. The van der Waals surface area contributed by atoms with Crippen molar-refractivity contribution in [2.75, 3.05) is 47.5 Å². The number of rotatable bonds is 8. The highest BCUT2D eigenvalue weighted by molar-refractivity contribution is 5.89. The zero-order valence-corrected chi connectivity index (χ0v) is 18.9. The van der Waals surface area contributed by atoms with E-state index in [0.717, 1.165) is 10.9 Å². The minimum atomic E-state index is -0.921. The molecule has 2 heterocycles. The van der Waals surface area contributed by atoms with Gasteiger partial charge in [0.2, 0.25) is 5.75 Å². The van der Waals surface area contributed by atoms with Crippen LogP contribution in [0.1, 0.15) is 17.2 Å². The Morgan fingerprint density at radius 2 is 1.79 bits per heavy atom. The monoisotopic (exact) mass is 457 g/mol. The van der Waals surface area contributed by atoms with E-state index in [9.17, 15) is 14.3 Å². The fourth-order valence-corrected chi connectivity index (χ4v) is 4.54. The summed E-state index contributed by atoms with van der Waals surface area (Å²) in [5.41, 5.74) is 2.21. The van der Waals surface area contributed by atoms with Gasteiger partial charge in [0.1, 0.15) is 11.9 Å². The Bertz CT molecular complexity index is 1140. The quantitative estimate of drug-likeness (QED) is 0.537. The molecule has 2 N–H and O–H groups in total. The maximum atomic E-state index is 13.6. The first kappa shape index (κ1) is 22.9. The van der Waals surface area contributed by atoms with Crippen molar-refractivity contribution in [3.63, 3.8) is 0 Å². The average Bonchev–Trinajstić information content (AvgIpc) is 3.22. The number of aromatic nitrogens is 1. The first-order valence-electron chi connectivity index (χ1n) is 10.7. The van der Waals surface area contributed by atoms with E-state index in [1.54, 1.807) is 33.6 Å². The molecule has 1 aliphatic heterocycles. The van der Waals surface area contributed by atoms with Crippen molar-refractivity contribution in [1.82, 2.24) is 14.8 Å². The highest BCUT2D eigenvalue weighted by Crippen LogP contribution is 2.40. The van der Waals surface area contributed by atoms with E-state index < -0.39 is 12.0 Å². The molecule has 176 valence electrons. The first-order chi connectivity index (χ1) is 16.0. The number of carbonyl (C=O) groups is 1. The molecular weight excluding hydrogens is 429 g/mol. The van der Waals surface area contributed by atoms with Crippen molar-refractivity contribution >= 4 is 16.9 Å². The van der Waals surface area contributed by atoms with Crippen LogP contribution in [-0.4, -0.2) is 73.4 Å². The summed E-state index contributed by atoms with van der Waals surface area (Å²) in [4.78, 5) is 19.4. The number of nitrogens with zero attached hydrogens (tertiary/aromatic N) is 2. The lowest BCUT2D eigenvalue weighted by Gasteiger charge is -2.37. The number of piperazine rings is 1. The van der Waals surface area contributed by atoms with Crippen LogP contribution < -0.4 is 14.2 Å². The molecule has 8 nitrogen and oxygen atoms in total. The molecule has 1 aromatic heterocycles. The number of methoxy groups -OCH3 is 3. The predicted octanol–water partition coefficient (Wildman–Crippen LogP) is 3.28. The molecule has 3 aromatic rings. The van der Waals surface area contributed by atoms with Crippen molar-refractivity contribution in [3.8, 4) is 17.2 Å². The summed E-state index contributed by atoms with van der Waals surface area (Å²) in [7, 11) is 4.76. The molecule has 9 heteroatoms. The van der Waals surface area contributed by atoms with E-state index in [1.165, 1.54) is 12.1 Å². The molecule has 0 aliphatic carbocycles. The van der Waals surface area contributed by atoms with Gasteiger partial charge in [0, 0.05) is 61.0 Å². The van der Waals surface area contributed by atoms with Gasteiger partial charge in [0.25, 0.3) is 0 Å². The van der Waals surface area contributed by atoms with Gasteiger partial charge in [0.15, 0.2) is 11.5 Å². The maximum absolute atomic E-state index is 13.6. The fraction of sp³-hybridized carbons (Fsp3) is 0.375. The van der Waals surface area contributed by atoms with E-state index in [1.807, 2.05) is 17.0 Å². The molecule has 1 aliphatic rings. The van der Waals surface area contributed by atoms with Crippen LogP contribution in [0.15, 0.2) is 36.5 Å². The Morgan fingerprint density at radius 3 is 2.42 bits per heavy atom. The molecule has 0 spiro atoms. The van der Waals surface area contributed by atoms with E-state index in [-0.39, 0.29) is 5.82 Å². The smallest absolute Gasteiger partial charge is 0.325 e. The van der Waals surface area contributed by atoms with Gasteiger partial charge in [0.05, 0.1) is 21.3 Å². The molecular formula is C24H28FN3O5. The number of ether oxygens (including phenoxy) is 3. The maximum Gasteiger partial charge on any atom is 0.325 e. The molecule has 0 amide bonds. The number of hydrogen-bond donors (Lipinski definition) is 2. The van der Waals surface area contributed by atoms with E-state index in [2.05, 4.69) is 9.88 Å². The Morgan fingerprint density at radius 1 is 1.06 bits per heavy atom. The molecule has 0 saturated carbocycles. The van der Waals surface area contributed by atoms with Gasteiger partial charge in [-0.2, -0.15) is 0 Å². The number of nitrogens with one attached hydrogen (secondary N) is 1. The van der Waals surface area contributed by atoms with Crippen LogP contribution in [0.4, 0.5) is 4.39 Å². The molecule has 4 rings (SSSR count). The summed E-state index contributed by atoms with van der Waals surface area (Å²) < 4.78 is 30.0. The topological polar surface area (TPSA) is 87.3 Å². The number of hydrogen-bond acceptors (Lipinski definition) is 6. The molecule has 1 atom stereocenters. The molecule has 2 aromatic carbocycles. The minimum absolute atomic E-state index is 0.359. The van der Waals surface area contributed by atoms with Crippen LogP contribution in [0.5, 0.6) is 17.2 Å². The molecule has 1 unspecified atom stereocenters. The largest absolute Gasteiger partial charge is 0.493 e. The zero-order valence-electron chi connectivity index (χ0n) is 18.9. The predicted molar refractivity (Wildman–Crippen MR) is 122 cm³/mol. The first-order valence-corrected chi connectivity index (χ1v) is 10.7. The van der Waals surface area contributed by atoms with Crippen molar-refractivity contribution in [3.05, 3.63) is 53.5 Å². The number of aromatic amines is 1. The van der Waals surface area contributed by atoms with Crippen molar-refractivity contribution in [2.45, 2.75) is 12.6 Å². The van der Waals surface area contributed by atoms with Crippen molar-refractivity contribution < 1.29 is 28.5 Å². The number of carboxylic acid groups (broad SMARTS) is 1. The summed E-state index contributed by atoms with van der Waals surface area (Å²) in [5, 5.41) is 10.7. The van der Waals surface area contributed by atoms with Gasteiger partial charge in [-0.05, 0) is 24.3 Å². The van der Waals surface area contributed by atoms with Crippen molar-refractivity contribution in [2.24, 2.45) is 0 Å². The number of benzene rings is 2. The average molecular weight is 458 g/mol. The summed E-state index contributed by atoms with van der Waals surface area (Å²) in [6.07, 6.45) is 1.67. The van der Waals surface area contributed by atoms with Gasteiger partial charge in [-0.15, -0.1) is 0 Å². The number of halogens is 1. The molecule has 33 heavy (non-hydrogen) atoms. The van der Waals surface area contributed by atoms with Gasteiger partial charge in [-0.3, -0.25) is 14.6 Å². The third kappa shape index (κ3) is 4.46. The molecule has 0 radical (unpaired) electrons. The number of carboxylic acids is 1. The van der Waals surface area contributed by atoms with Crippen LogP contribution in [0.3, 0.4) is 0 Å². The van der Waals surface area contributed by atoms with Crippen LogP contribution in [-0.2, 0) is 11.3 Å². The second-order valence-corrected chi connectivity index (χ2v) is 7.98. The highest BCUT2D eigenvalue weighted by atomic mass is 19.1. The van der Waals surface area contributed by atoms with Crippen LogP contribution in [0.25, 0.3) is 10.9 Å². The zero-order chi connectivity index (χ0) is 23.5. The Kier molecular flexibility index (Phi) is 6.71. The second-order valence-electron chi connectivity index (χ2n) is 7.98. The Hall–Kier alpha value is -3.30. The molecule has 1 fully saturated rings. The third-order valence-corrected chi connectivity index (χ3v) is 6.16. The van der Waals surface area contributed by atoms with Gasteiger partial charge in [-0.1, -0.05) is 6.07 Å². The lowest BCUT2D eigenvalue weighted by Crippen LogP contribution is -2.48. The van der Waals surface area contributed by atoms with E-state index in [4.69, 9.17) is 14.2 Å². The summed E-state index contributed by atoms with van der Waals surface area (Å²) >= 11 is 0. The van der Waals surface area contributed by atoms with Crippen LogP contribution in [0, 0.1) is 5.82 Å². The van der Waals surface area contributed by atoms with Gasteiger partial charge >= 0.3 is 5.97 Å². The summed E-state index contributed by atoms with van der Waals surface area (Å²) in [6.45, 7) is 3.19. The Labute approximate surface area is 191 Å². The SMILES string of the molecule is COc1ccc(CN2CCN(C(C(=O)O)c3c[nH]c4cc(F)ccc34)CC2)c(OC)c1OC. The van der Waals surface area contributed by atoms with Gasteiger partial charge in [-0.25, -0.2) is 4.39 Å². The highest BCUT2D eigenvalue weighted by Gasteiger charge is 2.32. The standard InChI is InChI=1S/C24H28FN3O5/c1-31-20-7-4-15(22(32-2)23(20)33-3)14-27-8-10-28(11-9-27)21(24(29)30)18-13-26-19-12-16(25)5-6-17(18)19/h4-7,12-13,21,26H,8-11,14H2,1-3H3,(H,29,30). The van der Waals surface area contributed by atoms with Crippen molar-refractivity contribution in [1.29, 1.82) is 0 Å². The fourth-order valence-electron chi connectivity index (χ4n) is 4.54. The summed E-state index contributed by atoms with van der Waals surface area (Å²) in [6, 6.07) is 7.37. The molecule has 1 saturated heterocycles. The number of fused-ring (bicyclic) bond motifs is 1. The van der Waals surface area contributed by atoms with Crippen LogP contribution in [0.2, 0.25) is 0 Å².